The minimum Gasteiger partial charge on any atom is -0.486 e. The number of ether oxygens (including phenoxy) is 1. The molecular weight excluding hydrogens is 630 g/mol. The average molecular weight is 671 g/mol. The molecule has 3 aromatic heterocycles. The Hall–Kier alpha value is -4.81. The SMILES string of the molecule is C=CC(O)N1CC2CCOc3c(c4cc(F)c(-c5c(C)ccc6[nH]c(=O)n(C)c56)c(F)c4n(-c4c(C)ccnc4C(C)C)c3=O)N2CC1C. The van der Waals surface area contributed by atoms with E-state index in [2.05, 4.69) is 16.5 Å². The van der Waals surface area contributed by atoms with Crippen molar-refractivity contribution in [1.82, 2.24) is 24.0 Å². The fraction of sp³-hybridized carbons (Fsp3) is 0.378. The number of aromatic nitrogens is 4. The molecule has 2 aromatic carbocycles. The highest BCUT2D eigenvalue weighted by Gasteiger charge is 2.40. The Bertz CT molecular complexity index is 2290. The van der Waals surface area contributed by atoms with Crippen molar-refractivity contribution in [3.8, 4) is 22.6 Å². The van der Waals surface area contributed by atoms with Crippen LogP contribution >= 0.6 is 0 Å². The normalized spacial score (nSPS) is 18.8. The number of aromatic amines is 1. The monoisotopic (exact) mass is 670 g/mol. The molecule has 5 aromatic rings. The van der Waals surface area contributed by atoms with Crippen molar-refractivity contribution in [3.05, 3.63) is 92.4 Å². The number of aliphatic hydroxyl groups is 1. The molecule has 0 bridgehead atoms. The zero-order valence-electron chi connectivity index (χ0n) is 28.5. The van der Waals surface area contributed by atoms with Crippen molar-refractivity contribution < 1.29 is 18.6 Å². The van der Waals surface area contributed by atoms with Crippen LogP contribution in [0.3, 0.4) is 0 Å². The summed E-state index contributed by atoms with van der Waals surface area (Å²) in [6.45, 7) is 14.1. The third kappa shape index (κ3) is 4.91. The fourth-order valence-electron chi connectivity index (χ4n) is 7.72. The number of H-pyrrole nitrogens is 1. The van der Waals surface area contributed by atoms with Crippen molar-refractivity contribution in [2.24, 2.45) is 7.05 Å². The van der Waals surface area contributed by atoms with Crippen LogP contribution in [-0.4, -0.2) is 67.1 Å². The Labute approximate surface area is 281 Å². The molecule has 2 N–H and O–H groups in total. The predicted molar refractivity (Wildman–Crippen MR) is 187 cm³/mol. The minimum atomic E-state index is -0.938. The van der Waals surface area contributed by atoms with Gasteiger partial charge in [-0.25, -0.2) is 13.6 Å². The number of hydrogen-bond donors (Lipinski definition) is 2. The maximum atomic E-state index is 17.8. The second-order valence-corrected chi connectivity index (χ2v) is 13.6. The summed E-state index contributed by atoms with van der Waals surface area (Å²) >= 11 is 0. The fourth-order valence-corrected chi connectivity index (χ4v) is 7.72. The van der Waals surface area contributed by atoms with E-state index in [1.165, 1.54) is 21.3 Å². The summed E-state index contributed by atoms with van der Waals surface area (Å²) in [4.78, 5) is 38.9. The van der Waals surface area contributed by atoms with E-state index in [-0.39, 0.29) is 52.4 Å². The summed E-state index contributed by atoms with van der Waals surface area (Å²) in [5.41, 5.74) is 2.08. The van der Waals surface area contributed by atoms with Gasteiger partial charge in [0.25, 0.3) is 5.56 Å². The first-order valence-corrected chi connectivity index (χ1v) is 16.6. The molecule has 12 heteroatoms. The first-order chi connectivity index (χ1) is 23.3. The number of piperazine rings is 1. The number of hydrogen-bond acceptors (Lipinski definition) is 7. The second-order valence-electron chi connectivity index (χ2n) is 13.6. The van der Waals surface area contributed by atoms with Crippen LogP contribution in [0.4, 0.5) is 14.5 Å². The van der Waals surface area contributed by atoms with Gasteiger partial charge in [0.2, 0.25) is 5.75 Å². The third-order valence-corrected chi connectivity index (χ3v) is 10.2. The molecule has 2 aliphatic rings. The van der Waals surface area contributed by atoms with Crippen LogP contribution in [0.5, 0.6) is 5.75 Å². The maximum Gasteiger partial charge on any atom is 0.326 e. The van der Waals surface area contributed by atoms with Crippen molar-refractivity contribution in [2.45, 2.75) is 65.3 Å². The number of anilines is 1. The van der Waals surface area contributed by atoms with Gasteiger partial charge in [-0.05, 0) is 62.1 Å². The summed E-state index contributed by atoms with van der Waals surface area (Å²) in [6, 6.07) is 6.04. The van der Waals surface area contributed by atoms with Gasteiger partial charge in [0.1, 0.15) is 12.0 Å². The van der Waals surface area contributed by atoms with Crippen molar-refractivity contribution in [2.75, 3.05) is 24.6 Å². The standard InChI is InChI=1S/C37H40F2N6O4/c1-8-26(46)43-17-22-12-14-49-35-33(44(22)16-21(43)6)23-15-24(38)28(27-19(4)9-10-25-34(27)42(7)37(48)41-25)29(39)32(23)45(36(35)47)31-20(5)11-13-40-30(31)18(2)3/h8-11,13,15,18,21-22,26,46H,1,12,14,16-17H2,2-7H3,(H,41,48). The zero-order chi connectivity index (χ0) is 35.0. The van der Waals surface area contributed by atoms with E-state index in [1.807, 2.05) is 37.5 Å². The molecule has 10 nitrogen and oxygen atoms in total. The molecule has 0 saturated carbocycles. The molecule has 256 valence electrons. The lowest BCUT2D eigenvalue weighted by Gasteiger charge is -2.47. The first kappa shape index (κ1) is 32.7. The quantitative estimate of drug-likeness (QED) is 0.241. The molecule has 0 amide bonds. The van der Waals surface area contributed by atoms with Gasteiger partial charge in [0.15, 0.2) is 5.82 Å². The Kier molecular flexibility index (Phi) is 7.98. The number of rotatable bonds is 5. The Morgan fingerprint density at radius 1 is 1.08 bits per heavy atom. The van der Waals surface area contributed by atoms with E-state index in [0.29, 0.717) is 58.7 Å². The molecule has 3 unspecified atom stereocenters. The van der Waals surface area contributed by atoms with Crippen molar-refractivity contribution in [1.29, 1.82) is 0 Å². The molecule has 1 fully saturated rings. The summed E-state index contributed by atoms with van der Waals surface area (Å²) in [5.74, 6) is -1.91. The van der Waals surface area contributed by atoms with Gasteiger partial charge in [0.05, 0.1) is 45.8 Å². The molecular formula is C37H40F2N6O4. The highest BCUT2D eigenvalue weighted by Crippen LogP contribution is 2.45. The Morgan fingerprint density at radius 2 is 1.84 bits per heavy atom. The van der Waals surface area contributed by atoms with Gasteiger partial charge in [-0.1, -0.05) is 26.5 Å². The van der Waals surface area contributed by atoms with Crippen LogP contribution in [0.25, 0.3) is 38.8 Å². The van der Waals surface area contributed by atoms with Gasteiger partial charge >= 0.3 is 5.69 Å². The topological polar surface area (TPSA) is 109 Å². The molecule has 5 heterocycles. The van der Waals surface area contributed by atoms with Gasteiger partial charge in [0, 0.05) is 55.8 Å². The lowest BCUT2D eigenvalue weighted by Crippen LogP contribution is -2.60. The Balaban J connectivity index is 1.64. The van der Waals surface area contributed by atoms with E-state index < -0.39 is 29.1 Å². The van der Waals surface area contributed by atoms with Crippen LogP contribution in [0.1, 0.15) is 49.9 Å². The van der Waals surface area contributed by atoms with Crippen molar-refractivity contribution >= 4 is 27.6 Å². The van der Waals surface area contributed by atoms with E-state index in [4.69, 9.17) is 4.74 Å². The molecule has 0 spiro atoms. The second kappa shape index (κ2) is 12.0. The van der Waals surface area contributed by atoms with Crippen LogP contribution in [-0.2, 0) is 7.05 Å². The number of benzene rings is 2. The number of imidazole rings is 1. The highest BCUT2D eigenvalue weighted by atomic mass is 19.1. The maximum absolute atomic E-state index is 17.8. The zero-order valence-corrected chi connectivity index (χ0v) is 28.5. The van der Waals surface area contributed by atoms with Crippen LogP contribution in [0.15, 0.2) is 52.7 Å². The number of pyridine rings is 2. The van der Waals surface area contributed by atoms with E-state index in [9.17, 15) is 14.7 Å². The van der Waals surface area contributed by atoms with Gasteiger partial charge in [-0.15, -0.1) is 0 Å². The molecule has 2 aliphatic heterocycles. The predicted octanol–water partition coefficient (Wildman–Crippen LogP) is 5.42. The number of nitrogens with zero attached hydrogens (tertiary/aromatic N) is 5. The van der Waals surface area contributed by atoms with Crippen LogP contribution in [0, 0.1) is 25.5 Å². The molecule has 49 heavy (non-hydrogen) atoms. The molecule has 3 atom stereocenters. The first-order valence-electron chi connectivity index (χ1n) is 16.6. The lowest BCUT2D eigenvalue weighted by atomic mass is 9.94. The van der Waals surface area contributed by atoms with Gasteiger partial charge in [-0.3, -0.25) is 23.8 Å². The largest absolute Gasteiger partial charge is 0.486 e. The summed E-state index contributed by atoms with van der Waals surface area (Å²) in [6.07, 6.45) is 2.76. The third-order valence-electron chi connectivity index (χ3n) is 10.2. The summed E-state index contributed by atoms with van der Waals surface area (Å²) in [5, 5.41) is 10.9. The minimum absolute atomic E-state index is 0.00995. The van der Waals surface area contributed by atoms with Crippen LogP contribution in [0.2, 0.25) is 0 Å². The van der Waals surface area contributed by atoms with Gasteiger partial charge < -0.3 is 19.7 Å². The molecule has 7 rings (SSSR count). The number of halogens is 2. The van der Waals surface area contributed by atoms with Crippen LogP contribution < -0.4 is 20.9 Å². The van der Waals surface area contributed by atoms with Gasteiger partial charge in [-0.2, -0.15) is 0 Å². The average Bonchev–Trinajstić information content (AvgIpc) is 3.22. The number of nitrogens with one attached hydrogen (secondary N) is 1. The molecule has 0 aliphatic carbocycles. The smallest absolute Gasteiger partial charge is 0.326 e. The molecule has 1 saturated heterocycles. The number of aryl methyl sites for hydroxylation is 3. The van der Waals surface area contributed by atoms with E-state index in [1.54, 1.807) is 38.4 Å². The highest BCUT2D eigenvalue weighted by molar-refractivity contribution is 6.02. The number of aliphatic hydroxyl groups excluding tert-OH is 1. The number of fused-ring (bicyclic) bond motifs is 6. The molecule has 0 radical (unpaired) electrons. The van der Waals surface area contributed by atoms with Crippen molar-refractivity contribution in [3.63, 3.8) is 0 Å². The lowest BCUT2D eigenvalue weighted by molar-refractivity contribution is -0.00250. The summed E-state index contributed by atoms with van der Waals surface area (Å²) in [7, 11) is 1.55. The summed E-state index contributed by atoms with van der Waals surface area (Å²) < 4.78 is 43.6. The van der Waals surface area contributed by atoms with E-state index >= 15 is 8.78 Å². The van der Waals surface area contributed by atoms with E-state index in [0.717, 1.165) is 0 Å². The Morgan fingerprint density at radius 3 is 2.55 bits per heavy atom.